The Labute approximate surface area is 98.0 Å². The number of nitrogens with two attached hydrogens (primary N) is 1. The molecule has 0 heterocycles. The molecule has 0 spiro atoms. The maximum Gasteiger partial charge on any atom is -0.00430 e. The fourth-order valence-electron chi connectivity index (χ4n) is 3.05. The summed E-state index contributed by atoms with van der Waals surface area (Å²) >= 11 is 0. The largest absolute Gasteiger partial charge is 0.330 e. The van der Waals surface area contributed by atoms with Crippen molar-refractivity contribution in [3.8, 4) is 0 Å². The second-order valence-corrected chi connectivity index (χ2v) is 5.47. The fraction of sp³-hybridized carbons (Fsp3) is 0.600. The van der Waals surface area contributed by atoms with Crippen LogP contribution in [0.5, 0.6) is 0 Å². The lowest BCUT2D eigenvalue weighted by atomic mass is 9.69. The molecule has 2 saturated carbocycles. The summed E-state index contributed by atoms with van der Waals surface area (Å²) in [5.74, 6) is 2.36. The molecule has 2 aliphatic carbocycles. The summed E-state index contributed by atoms with van der Waals surface area (Å²) in [5.41, 5.74) is 8.84. The molecular weight excluding hydrogens is 194 g/mol. The van der Waals surface area contributed by atoms with Crippen molar-refractivity contribution in [2.24, 2.45) is 11.7 Å². The van der Waals surface area contributed by atoms with Crippen LogP contribution >= 0.6 is 0 Å². The van der Waals surface area contributed by atoms with Gasteiger partial charge in [0.1, 0.15) is 0 Å². The first kappa shape index (κ1) is 10.3. The molecule has 0 amide bonds. The molecule has 16 heavy (non-hydrogen) atoms. The second-order valence-electron chi connectivity index (χ2n) is 5.47. The lowest BCUT2D eigenvalue weighted by molar-refractivity contribution is 0.263. The topological polar surface area (TPSA) is 26.0 Å². The number of benzene rings is 1. The van der Waals surface area contributed by atoms with Gasteiger partial charge in [0.05, 0.1) is 0 Å². The summed E-state index contributed by atoms with van der Waals surface area (Å²) in [7, 11) is 0. The Morgan fingerprint density at radius 1 is 0.938 bits per heavy atom. The van der Waals surface area contributed by atoms with Crippen LogP contribution in [0.2, 0.25) is 0 Å². The smallest absolute Gasteiger partial charge is 0.00430 e. The zero-order chi connectivity index (χ0) is 11.0. The number of hydrogen-bond acceptors (Lipinski definition) is 1. The van der Waals surface area contributed by atoms with Gasteiger partial charge in [0.2, 0.25) is 0 Å². The summed E-state index contributed by atoms with van der Waals surface area (Å²) in [6.45, 7) is 0.856. The van der Waals surface area contributed by atoms with Gasteiger partial charge in [-0.25, -0.2) is 0 Å². The summed E-state index contributed by atoms with van der Waals surface area (Å²) in [5, 5.41) is 0. The van der Waals surface area contributed by atoms with Gasteiger partial charge < -0.3 is 5.73 Å². The van der Waals surface area contributed by atoms with Crippen molar-refractivity contribution < 1.29 is 0 Å². The summed E-state index contributed by atoms with van der Waals surface area (Å²) in [4.78, 5) is 0. The highest BCUT2D eigenvalue weighted by atomic mass is 14.6. The molecule has 0 aliphatic heterocycles. The van der Waals surface area contributed by atoms with Crippen molar-refractivity contribution in [1.29, 1.82) is 0 Å². The molecule has 1 heteroatoms. The van der Waals surface area contributed by atoms with Crippen molar-refractivity contribution >= 4 is 0 Å². The minimum Gasteiger partial charge on any atom is -0.330 e. The van der Waals surface area contributed by atoms with Crippen molar-refractivity contribution in [2.45, 2.75) is 43.9 Å². The Balaban J connectivity index is 1.72. The van der Waals surface area contributed by atoms with Gasteiger partial charge in [-0.15, -0.1) is 0 Å². The van der Waals surface area contributed by atoms with Gasteiger partial charge in [-0.1, -0.05) is 30.7 Å². The molecule has 1 nitrogen and oxygen atoms in total. The van der Waals surface area contributed by atoms with Gasteiger partial charge in [0, 0.05) is 0 Å². The molecule has 0 radical (unpaired) electrons. The van der Waals surface area contributed by atoms with E-state index in [1.165, 1.54) is 37.7 Å². The lowest BCUT2D eigenvalue weighted by Crippen LogP contribution is -2.30. The summed E-state index contributed by atoms with van der Waals surface area (Å²) in [6, 6.07) is 9.40. The van der Waals surface area contributed by atoms with Gasteiger partial charge in [-0.05, 0) is 61.1 Å². The van der Waals surface area contributed by atoms with Crippen molar-refractivity contribution in [3.05, 3.63) is 35.4 Å². The number of rotatable bonds is 3. The Bertz CT molecular complexity index is 348. The van der Waals surface area contributed by atoms with E-state index >= 15 is 0 Å². The Hall–Kier alpha value is -0.820. The van der Waals surface area contributed by atoms with Crippen LogP contribution in [0.25, 0.3) is 0 Å². The van der Waals surface area contributed by atoms with Gasteiger partial charge >= 0.3 is 0 Å². The van der Waals surface area contributed by atoms with Crippen LogP contribution in [0, 0.1) is 5.92 Å². The van der Waals surface area contributed by atoms with Gasteiger partial charge in [0.15, 0.2) is 0 Å². The van der Waals surface area contributed by atoms with E-state index in [-0.39, 0.29) is 0 Å². The van der Waals surface area contributed by atoms with E-state index in [1.807, 2.05) is 0 Å². The highest BCUT2D eigenvalue weighted by Gasteiger charge is 2.30. The summed E-state index contributed by atoms with van der Waals surface area (Å²) in [6.07, 6.45) is 6.88. The maximum atomic E-state index is 5.77. The predicted molar refractivity (Wildman–Crippen MR) is 67.6 cm³/mol. The van der Waals surface area contributed by atoms with Crippen molar-refractivity contribution in [3.63, 3.8) is 0 Å². The molecule has 0 aromatic heterocycles. The molecule has 3 rings (SSSR count). The molecule has 1 aromatic carbocycles. The molecule has 2 fully saturated rings. The SMILES string of the molecule is NCC1CCC1c1ccc(C2CCC2)cc1. The van der Waals surface area contributed by atoms with Crippen molar-refractivity contribution in [1.82, 2.24) is 0 Å². The molecule has 2 aliphatic rings. The van der Waals surface area contributed by atoms with E-state index in [0.717, 1.165) is 24.3 Å². The first-order chi connectivity index (χ1) is 7.88. The molecule has 0 bridgehead atoms. The number of hydrogen-bond donors (Lipinski definition) is 1. The quantitative estimate of drug-likeness (QED) is 0.821. The molecule has 2 unspecified atom stereocenters. The average molecular weight is 215 g/mol. The third kappa shape index (κ3) is 1.67. The molecule has 86 valence electrons. The van der Waals surface area contributed by atoms with E-state index in [4.69, 9.17) is 5.73 Å². The minimum atomic E-state index is 0.745. The third-order valence-corrected chi connectivity index (χ3v) is 4.66. The maximum absolute atomic E-state index is 5.77. The highest BCUT2D eigenvalue weighted by Crippen LogP contribution is 2.43. The van der Waals surface area contributed by atoms with Crippen LogP contribution in [0.3, 0.4) is 0 Å². The van der Waals surface area contributed by atoms with Crippen LogP contribution in [0.1, 0.15) is 55.1 Å². The van der Waals surface area contributed by atoms with Gasteiger partial charge in [-0.2, -0.15) is 0 Å². The molecule has 2 atom stereocenters. The normalized spacial score (nSPS) is 29.6. The van der Waals surface area contributed by atoms with Crippen LogP contribution in [-0.4, -0.2) is 6.54 Å². The van der Waals surface area contributed by atoms with Crippen LogP contribution in [0.15, 0.2) is 24.3 Å². The van der Waals surface area contributed by atoms with Crippen LogP contribution in [0.4, 0.5) is 0 Å². The van der Waals surface area contributed by atoms with E-state index < -0.39 is 0 Å². The monoisotopic (exact) mass is 215 g/mol. The lowest BCUT2D eigenvalue weighted by Gasteiger charge is -2.36. The van der Waals surface area contributed by atoms with Crippen LogP contribution < -0.4 is 5.73 Å². The average Bonchev–Trinajstić information content (AvgIpc) is 2.17. The van der Waals surface area contributed by atoms with E-state index in [1.54, 1.807) is 5.56 Å². The summed E-state index contributed by atoms with van der Waals surface area (Å²) < 4.78 is 0. The zero-order valence-corrected chi connectivity index (χ0v) is 9.86. The first-order valence-corrected chi connectivity index (χ1v) is 6.68. The Kier molecular flexibility index (Phi) is 2.72. The van der Waals surface area contributed by atoms with Crippen molar-refractivity contribution in [2.75, 3.05) is 6.54 Å². The third-order valence-electron chi connectivity index (χ3n) is 4.66. The van der Waals surface area contributed by atoms with E-state index in [0.29, 0.717) is 0 Å². The standard InChI is InChI=1S/C15H21N/c16-10-14-8-9-15(14)13-6-4-12(5-7-13)11-2-1-3-11/h4-7,11,14-15H,1-3,8-10,16H2. The first-order valence-electron chi connectivity index (χ1n) is 6.68. The van der Waals surface area contributed by atoms with Crippen LogP contribution in [-0.2, 0) is 0 Å². The molecular formula is C15H21N. The molecule has 2 N–H and O–H groups in total. The minimum absolute atomic E-state index is 0.745. The predicted octanol–water partition coefficient (Wildman–Crippen LogP) is 3.41. The highest BCUT2D eigenvalue weighted by molar-refractivity contribution is 5.30. The Morgan fingerprint density at radius 2 is 1.62 bits per heavy atom. The molecule has 0 saturated heterocycles. The second kappa shape index (κ2) is 4.21. The molecule has 1 aromatic rings. The zero-order valence-electron chi connectivity index (χ0n) is 9.86. The van der Waals surface area contributed by atoms with E-state index in [9.17, 15) is 0 Å². The fourth-order valence-corrected chi connectivity index (χ4v) is 3.05. The Morgan fingerprint density at radius 3 is 2.06 bits per heavy atom. The van der Waals surface area contributed by atoms with E-state index in [2.05, 4.69) is 24.3 Å². The van der Waals surface area contributed by atoms with Gasteiger partial charge in [0.25, 0.3) is 0 Å². The van der Waals surface area contributed by atoms with Gasteiger partial charge in [-0.3, -0.25) is 0 Å².